The fourth-order valence-corrected chi connectivity index (χ4v) is 6.33. The van der Waals surface area contributed by atoms with Gasteiger partial charge in [-0.1, -0.05) is 25.1 Å². The van der Waals surface area contributed by atoms with Crippen LogP contribution in [0.2, 0.25) is 0 Å². The number of carbonyl (C=O) groups is 2. The van der Waals surface area contributed by atoms with Crippen molar-refractivity contribution in [2.45, 2.75) is 34.2 Å². The summed E-state index contributed by atoms with van der Waals surface area (Å²) in [5.41, 5.74) is -6.77. The highest BCUT2D eigenvalue weighted by Crippen LogP contribution is 2.55. The second-order valence-corrected chi connectivity index (χ2v) is 12.7. The number of amides is 3. The molecule has 2 aliphatic rings. The van der Waals surface area contributed by atoms with Gasteiger partial charge < -0.3 is 0 Å². The zero-order valence-electron chi connectivity index (χ0n) is 20.0. The third-order valence-electron chi connectivity index (χ3n) is 6.63. The number of rotatable bonds is 6. The van der Waals surface area contributed by atoms with Crippen LogP contribution in [-0.4, -0.2) is 44.8 Å². The van der Waals surface area contributed by atoms with E-state index in [1.54, 1.807) is 25.1 Å². The van der Waals surface area contributed by atoms with Crippen LogP contribution in [-0.2, 0) is 24.7 Å². The predicted molar refractivity (Wildman–Crippen MR) is 133 cm³/mol. The molecular weight excluding hydrogens is 561 g/mol. The Labute approximate surface area is 221 Å². The van der Waals surface area contributed by atoms with E-state index in [0.717, 1.165) is 17.0 Å². The van der Waals surface area contributed by atoms with Crippen molar-refractivity contribution in [2.24, 2.45) is 5.92 Å². The molecule has 2 heterocycles. The van der Waals surface area contributed by atoms with Crippen LogP contribution in [0.15, 0.2) is 82.7 Å². The summed E-state index contributed by atoms with van der Waals surface area (Å²) in [6.45, 7) is 1.74. The summed E-state index contributed by atoms with van der Waals surface area (Å²) in [6.07, 6.45) is 1.54. The highest BCUT2D eigenvalue weighted by molar-refractivity contribution is 7.92. The summed E-state index contributed by atoms with van der Waals surface area (Å²) < 4.78 is 89.9. The number of halogens is 3. The van der Waals surface area contributed by atoms with Crippen LogP contribution < -0.4 is 14.5 Å². The number of hydrogen-bond donors (Lipinski definition) is 1. The number of anilines is 3. The summed E-state index contributed by atoms with van der Waals surface area (Å²) in [6, 6.07) is 12.6. The van der Waals surface area contributed by atoms with Crippen LogP contribution in [0, 0.1) is 5.92 Å². The Kier molecular flexibility index (Phi) is 5.99. The fourth-order valence-electron chi connectivity index (χ4n) is 4.55. The second kappa shape index (κ2) is 8.77. The number of sulfone groups is 1. The Morgan fingerprint density at radius 3 is 2.10 bits per heavy atom. The average Bonchev–Trinajstić information content (AvgIpc) is 3.49. The van der Waals surface area contributed by atoms with E-state index in [1.165, 1.54) is 35.4 Å². The minimum Gasteiger partial charge on any atom is -0.278 e. The first-order chi connectivity index (χ1) is 18.2. The Balaban J connectivity index is 1.48. The molecule has 204 valence electrons. The number of nitrogens with one attached hydrogen (secondary N) is 1. The van der Waals surface area contributed by atoms with Gasteiger partial charge in [0.1, 0.15) is 11.4 Å². The lowest BCUT2D eigenvalue weighted by Gasteiger charge is -2.22. The molecule has 15 heteroatoms. The SMILES string of the molecule is CC1CC12C(=O)N(c1ccc(S(=O)(=O)C(F)(F)F)cc1)C(=O)N2c1ccnc(NS(=O)(=O)c2ccccc2)c1. The van der Waals surface area contributed by atoms with Crippen LogP contribution in [0.25, 0.3) is 0 Å². The zero-order chi connectivity index (χ0) is 28.4. The molecule has 1 spiro atoms. The number of pyridine rings is 1. The van der Waals surface area contributed by atoms with E-state index in [9.17, 15) is 39.6 Å². The van der Waals surface area contributed by atoms with Gasteiger partial charge in [-0.25, -0.2) is 31.5 Å². The van der Waals surface area contributed by atoms with E-state index in [4.69, 9.17) is 0 Å². The zero-order valence-corrected chi connectivity index (χ0v) is 21.6. The van der Waals surface area contributed by atoms with Crippen molar-refractivity contribution in [3.05, 3.63) is 72.9 Å². The number of hydrogen-bond acceptors (Lipinski definition) is 7. The predicted octanol–water partition coefficient (Wildman–Crippen LogP) is 3.93. The number of sulfonamides is 1. The standard InChI is InChI=1S/C24H19F3N4O6S2/c1-15-14-23(15)21(32)30(16-7-9-18(10-8-16)38(34,35)24(25,26)27)22(33)31(23)17-11-12-28-20(13-17)29-39(36,37)19-5-3-2-4-6-19/h2-13,15H,14H2,1H3,(H,28,29). The molecule has 1 aliphatic heterocycles. The molecule has 1 saturated heterocycles. The van der Waals surface area contributed by atoms with Crippen LogP contribution in [0.1, 0.15) is 13.3 Å². The smallest absolute Gasteiger partial charge is 0.278 e. The molecule has 10 nitrogen and oxygen atoms in total. The van der Waals surface area contributed by atoms with Gasteiger partial charge in [0.25, 0.3) is 25.8 Å². The van der Waals surface area contributed by atoms with E-state index in [2.05, 4.69) is 9.71 Å². The second-order valence-electron chi connectivity index (χ2n) is 9.05. The lowest BCUT2D eigenvalue weighted by atomic mass is 10.1. The van der Waals surface area contributed by atoms with E-state index in [1.807, 2.05) is 0 Å². The molecule has 2 atom stereocenters. The number of imide groups is 1. The van der Waals surface area contributed by atoms with Crippen molar-refractivity contribution in [1.82, 2.24) is 4.98 Å². The van der Waals surface area contributed by atoms with Gasteiger partial charge in [0.05, 0.1) is 21.2 Å². The summed E-state index contributed by atoms with van der Waals surface area (Å²) in [4.78, 5) is 31.9. The first kappa shape index (κ1) is 26.6. The molecule has 2 fully saturated rings. The molecule has 2 aromatic carbocycles. The van der Waals surface area contributed by atoms with E-state index < -0.39 is 47.7 Å². The van der Waals surface area contributed by atoms with Gasteiger partial charge in [0.15, 0.2) is 0 Å². The van der Waals surface area contributed by atoms with Crippen molar-refractivity contribution >= 4 is 49.0 Å². The Morgan fingerprint density at radius 2 is 1.54 bits per heavy atom. The third-order valence-corrected chi connectivity index (χ3v) is 9.50. The molecule has 3 amide bonds. The van der Waals surface area contributed by atoms with Crippen molar-refractivity contribution in [2.75, 3.05) is 14.5 Å². The molecule has 1 aromatic heterocycles. The number of carbonyl (C=O) groups excluding carboxylic acids is 2. The molecule has 1 N–H and O–H groups in total. The van der Waals surface area contributed by atoms with Crippen molar-refractivity contribution in [3.63, 3.8) is 0 Å². The highest BCUT2D eigenvalue weighted by atomic mass is 32.2. The largest absolute Gasteiger partial charge is 0.501 e. The van der Waals surface area contributed by atoms with E-state index in [-0.39, 0.29) is 34.4 Å². The van der Waals surface area contributed by atoms with Gasteiger partial charge in [0.2, 0.25) is 0 Å². The van der Waals surface area contributed by atoms with E-state index >= 15 is 0 Å². The molecular formula is C24H19F3N4O6S2. The summed E-state index contributed by atoms with van der Waals surface area (Å²) in [5.74, 6) is -1.05. The highest BCUT2D eigenvalue weighted by Gasteiger charge is 2.70. The van der Waals surface area contributed by atoms with Gasteiger partial charge in [-0.2, -0.15) is 13.2 Å². The Bertz CT molecular complexity index is 1700. The maximum Gasteiger partial charge on any atom is 0.501 e. The van der Waals surface area contributed by atoms with E-state index in [0.29, 0.717) is 12.1 Å². The van der Waals surface area contributed by atoms with Gasteiger partial charge >= 0.3 is 11.5 Å². The minimum atomic E-state index is -5.62. The van der Waals surface area contributed by atoms with Gasteiger partial charge in [0, 0.05) is 12.3 Å². The number of alkyl halides is 3. The van der Waals surface area contributed by atoms with Crippen molar-refractivity contribution in [1.29, 1.82) is 0 Å². The molecule has 2 unspecified atom stereocenters. The summed E-state index contributed by atoms with van der Waals surface area (Å²) in [5, 5.41) is 0. The molecule has 5 rings (SSSR count). The van der Waals surface area contributed by atoms with Gasteiger partial charge in [-0.05, 0) is 54.8 Å². The lowest BCUT2D eigenvalue weighted by molar-refractivity contribution is -0.119. The van der Waals surface area contributed by atoms with Gasteiger partial charge in [-0.3, -0.25) is 14.4 Å². The van der Waals surface area contributed by atoms with Crippen LogP contribution in [0.4, 0.5) is 35.2 Å². The molecule has 3 aromatic rings. The first-order valence-corrected chi connectivity index (χ1v) is 14.3. The monoisotopic (exact) mass is 580 g/mol. The van der Waals surface area contributed by atoms with Crippen LogP contribution in [0.5, 0.6) is 0 Å². The minimum absolute atomic E-state index is 0.0147. The molecule has 1 aliphatic carbocycles. The lowest BCUT2D eigenvalue weighted by Crippen LogP contribution is -2.39. The Hall–Kier alpha value is -3.98. The normalized spacial score (nSPS) is 21.5. The molecule has 0 bridgehead atoms. The molecule has 0 radical (unpaired) electrons. The third kappa shape index (κ3) is 4.21. The maximum atomic E-state index is 13.6. The number of aromatic nitrogens is 1. The summed E-state index contributed by atoms with van der Waals surface area (Å²) >= 11 is 0. The summed E-state index contributed by atoms with van der Waals surface area (Å²) in [7, 11) is -9.62. The number of urea groups is 1. The maximum absolute atomic E-state index is 13.6. The van der Waals surface area contributed by atoms with Crippen LogP contribution >= 0.6 is 0 Å². The molecule has 1 saturated carbocycles. The number of benzene rings is 2. The quantitative estimate of drug-likeness (QED) is 0.437. The van der Waals surface area contributed by atoms with Crippen LogP contribution in [0.3, 0.4) is 0 Å². The van der Waals surface area contributed by atoms with Gasteiger partial charge in [-0.15, -0.1) is 0 Å². The number of nitrogens with zero attached hydrogens (tertiary/aromatic N) is 3. The first-order valence-electron chi connectivity index (χ1n) is 11.3. The average molecular weight is 581 g/mol. The topological polar surface area (TPSA) is 134 Å². The molecule has 39 heavy (non-hydrogen) atoms. The Morgan fingerprint density at radius 1 is 0.923 bits per heavy atom. The fraction of sp³-hybridized carbons (Fsp3) is 0.208. The van der Waals surface area contributed by atoms with Crippen molar-refractivity contribution < 1.29 is 39.6 Å². The van der Waals surface area contributed by atoms with Crippen molar-refractivity contribution in [3.8, 4) is 0 Å².